The molecule has 0 unspecified atom stereocenters. The third kappa shape index (κ3) is 14.3. The van der Waals surface area contributed by atoms with E-state index < -0.39 is 0 Å². The van der Waals surface area contributed by atoms with Gasteiger partial charge in [0.2, 0.25) is 0 Å². The van der Waals surface area contributed by atoms with Crippen molar-refractivity contribution in [2.45, 2.75) is 64.7 Å². The van der Waals surface area contributed by atoms with Crippen LogP contribution in [0.4, 0.5) is 0 Å². The van der Waals surface area contributed by atoms with Gasteiger partial charge in [0.15, 0.2) is 0 Å². The molecule has 0 atom stereocenters. The number of carbonyl (C=O) groups excluding carboxylic acids is 3. The lowest BCUT2D eigenvalue weighted by Gasteiger charge is -2.03. The molecule has 0 N–H and O–H groups in total. The van der Waals surface area contributed by atoms with Gasteiger partial charge in [-0.3, -0.25) is 14.4 Å². The van der Waals surface area contributed by atoms with Crippen LogP contribution in [0.3, 0.4) is 0 Å². The lowest BCUT2D eigenvalue weighted by Crippen LogP contribution is -2.05. The van der Waals surface area contributed by atoms with Crippen molar-refractivity contribution in [1.82, 2.24) is 0 Å². The minimum Gasteiger partial charge on any atom is -0.385 e. The average Bonchev–Trinajstić information content (AvgIpc) is 2.51. The lowest BCUT2D eigenvalue weighted by molar-refractivity contribution is -0.120. The molecule has 0 fully saturated rings. The summed E-state index contributed by atoms with van der Waals surface area (Å²) in [6.45, 7) is 2.56. The predicted octanol–water partition coefficient (Wildman–Crippen LogP) is 3.60. The number of methoxy groups -OCH3 is 1. The number of hydrogen-bond acceptors (Lipinski definition) is 5. The standard InChI is InChI=1S/C17H30O4S/c1-3-15(18)9-6-10-17(20)14-22-13-7-11-16(19)8-4-5-12-21-2/h3-14H2,1-2H3. The van der Waals surface area contributed by atoms with Gasteiger partial charge >= 0.3 is 0 Å². The summed E-state index contributed by atoms with van der Waals surface area (Å²) < 4.78 is 4.94. The number of hydrogen-bond donors (Lipinski definition) is 0. The third-order valence-electron chi connectivity index (χ3n) is 3.37. The molecule has 0 aromatic heterocycles. The molecule has 22 heavy (non-hydrogen) atoms. The summed E-state index contributed by atoms with van der Waals surface area (Å²) in [4.78, 5) is 34.3. The van der Waals surface area contributed by atoms with Gasteiger partial charge < -0.3 is 4.74 Å². The average molecular weight is 330 g/mol. The van der Waals surface area contributed by atoms with Gasteiger partial charge in [0.25, 0.3) is 0 Å². The summed E-state index contributed by atoms with van der Waals surface area (Å²) >= 11 is 1.59. The maximum absolute atomic E-state index is 11.6. The molecule has 0 saturated heterocycles. The highest BCUT2D eigenvalue weighted by Crippen LogP contribution is 2.10. The van der Waals surface area contributed by atoms with Crippen LogP contribution in [0.15, 0.2) is 0 Å². The first-order chi connectivity index (χ1) is 10.6. The topological polar surface area (TPSA) is 60.4 Å². The van der Waals surface area contributed by atoms with E-state index in [0.717, 1.165) is 31.6 Å². The van der Waals surface area contributed by atoms with Crippen LogP contribution in [-0.4, -0.2) is 42.6 Å². The Bertz CT molecular complexity index is 329. The van der Waals surface area contributed by atoms with Crippen molar-refractivity contribution in [2.24, 2.45) is 0 Å². The molecule has 0 aliphatic carbocycles. The first-order valence-corrected chi connectivity index (χ1v) is 9.37. The van der Waals surface area contributed by atoms with Crippen LogP contribution in [0.2, 0.25) is 0 Å². The molecule has 0 rings (SSSR count). The Balaban J connectivity index is 3.39. The van der Waals surface area contributed by atoms with E-state index in [4.69, 9.17) is 4.74 Å². The number of rotatable bonds is 16. The Morgan fingerprint density at radius 2 is 1.45 bits per heavy atom. The minimum atomic E-state index is 0.208. The van der Waals surface area contributed by atoms with Crippen LogP contribution in [0.25, 0.3) is 0 Å². The number of Topliss-reactive ketones (excluding diaryl/α,β-unsaturated/α-hetero) is 3. The fourth-order valence-electron chi connectivity index (χ4n) is 1.98. The van der Waals surface area contributed by atoms with E-state index in [0.29, 0.717) is 50.1 Å². The van der Waals surface area contributed by atoms with E-state index in [1.54, 1.807) is 18.9 Å². The van der Waals surface area contributed by atoms with E-state index in [2.05, 4.69) is 0 Å². The lowest BCUT2D eigenvalue weighted by atomic mass is 10.1. The highest BCUT2D eigenvalue weighted by Gasteiger charge is 2.06. The number of ketones is 3. The Morgan fingerprint density at radius 1 is 0.818 bits per heavy atom. The van der Waals surface area contributed by atoms with E-state index >= 15 is 0 Å². The quantitative estimate of drug-likeness (QED) is 0.405. The zero-order valence-electron chi connectivity index (χ0n) is 14.0. The molecule has 128 valence electrons. The smallest absolute Gasteiger partial charge is 0.142 e. The highest BCUT2D eigenvalue weighted by molar-refractivity contribution is 7.99. The van der Waals surface area contributed by atoms with Crippen molar-refractivity contribution in [3.05, 3.63) is 0 Å². The van der Waals surface area contributed by atoms with Crippen molar-refractivity contribution in [3.63, 3.8) is 0 Å². The zero-order valence-corrected chi connectivity index (χ0v) is 14.8. The van der Waals surface area contributed by atoms with Gasteiger partial charge in [-0.2, -0.15) is 11.8 Å². The number of unbranched alkanes of at least 4 members (excludes halogenated alkanes) is 1. The Kier molecular flexibility index (Phi) is 14.8. The fraction of sp³-hybridized carbons (Fsp3) is 0.824. The van der Waals surface area contributed by atoms with Crippen LogP contribution in [0.1, 0.15) is 64.7 Å². The maximum Gasteiger partial charge on any atom is 0.142 e. The first kappa shape index (κ1) is 21.3. The van der Waals surface area contributed by atoms with E-state index in [9.17, 15) is 14.4 Å². The van der Waals surface area contributed by atoms with Gasteiger partial charge in [0, 0.05) is 45.8 Å². The molecular weight excluding hydrogens is 300 g/mol. The van der Waals surface area contributed by atoms with Gasteiger partial charge in [-0.05, 0) is 31.4 Å². The molecule has 0 heterocycles. The molecule has 0 aromatic rings. The molecule has 0 saturated carbocycles. The first-order valence-electron chi connectivity index (χ1n) is 8.22. The Hall–Kier alpha value is -0.680. The predicted molar refractivity (Wildman–Crippen MR) is 91.4 cm³/mol. The van der Waals surface area contributed by atoms with E-state index in [-0.39, 0.29) is 11.6 Å². The molecular formula is C17H30O4S. The normalized spacial score (nSPS) is 10.6. The van der Waals surface area contributed by atoms with Crippen molar-refractivity contribution in [3.8, 4) is 0 Å². The summed E-state index contributed by atoms with van der Waals surface area (Å²) in [6.07, 6.45) is 6.17. The molecule has 0 aliphatic rings. The van der Waals surface area contributed by atoms with Gasteiger partial charge in [-0.15, -0.1) is 0 Å². The van der Waals surface area contributed by atoms with Crippen molar-refractivity contribution in [2.75, 3.05) is 25.2 Å². The molecule has 4 nitrogen and oxygen atoms in total. The minimum absolute atomic E-state index is 0.208. The van der Waals surface area contributed by atoms with E-state index in [1.165, 1.54) is 0 Å². The van der Waals surface area contributed by atoms with Crippen molar-refractivity contribution < 1.29 is 19.1 Å². The Labute approximate surface area is 138 Å². The largest absolute Gasteiger partial charge is 0.385 e. The molecule has 0 bridgehead atoms. The fourth-order valence-corrected chi connectivity index (χ4v) is 2.85. The van der Waals surface area contributed by atoms with Gasteiger partial charge in [-0.25, -0.2) is 0 Å². The highest BCUT2D eigenvalue weighted by atomic mass is 32.2. The monoisotopic (exact) mass is 330 g/mol. The third-order valence-corrected chi connectivity index (χ3v) is 4.47. The summed E-state index contributed by atoms with van der Waals surface area (Å²) in [6, 6.07) is 0. The second-order valence-electron chi connectivity index (χ2n) is 5.43. The van der Waals surface area contributed by atoms with Crippen LogP contribution in [0.5, 0.6) is 0 Å². The van der Waals surface area contributed by atoms with Crippen LogP contribution >= 0.6 is 11.8 Å². The molecule has 0 aliphatic heterocycles. The molecule has 0 amide bonds. The maximum atomic E-state index is 11.6. The molecule has 0 radical (unpaired) electrons. The summed E-state index contributed by atoms with van der Waals surface area (Å²) in [5, 5.41) is 0. The zero-order chi connectivity index (χ0) is 16.6. The Morgan fingerprint density at radius 3 is 2.14 bits per heavy atom. The summed E-state index contributed by atoms with van der Waals surface area (Å²) in [5.74, 6) is 2.09. The van der Waals surface area contributed by atoms with Gasteiger partial charge in [0.1, 0.15) is 17.3 Å². The summed E-state index contributed by atoms with van der Waals surface area (Å²) in [5.41, 5.74) is 0. The van der Waals surface area contributed by atoms with Crippen LogP contribution < -0.4 is 0 Å². The SMILES string of the molecule is CCC(=O)CCCC(=O)CSCCCC(=O)CCCCOC. The number of carbonyl (C=O) groups is 3. The number of ether oxygens (including phenoxy) is 1. The van der Waals surface area contributed by atoms with Crippen molar-refractivity contribution in [1.29, 1.82) is 0 Å². The molecule has 0 aromatic carbocycles. The molecule has 0 spiro atoms. The van der Waals surface area contributed by atoms with E-state index in [1.807, 2.05) is 6.92 Å². The van der Waals surface area contributed by atoms with Crippen LogP contribution in [-0.2, 0) is 19.1 Å². The molecule has 5 heteroatoms. The van der Waals surface area contributed by atoms with Gasteiger partial charge in [-0.1, -0.05) is 6.92 Å². The number of thioether (sulfide) groups is 1. The van der Waals surface area contributed by atoms with Crippen molar-refractivity contribution >= 4 is 29.1 Å². The second-order valence-corrected chi connectivity index (χ2v) is 6.53. The van der Waals surface area contributed by atoms with Gasteiger partial charge in [0.05, 0.1) is 5.75 Å². The van der Waals surface area contributed by atoms with Crippen LogP contribution in [0, 0.1) is 0 Å². The second kappa shape index (κ2) is 15.2. The summed E-state index contributed by atoms with van der Waals surface area (Å²) in [7, 11) is 1.67.